The summed E-state index contributed by atoms with van der Waals surface area (Å²) < 4.78 is 25.6. The molecule has 0 saturated heterocycles. The van der Waals surface area contributed by atoms with Crippen LogP contribution in [0.3, 0.4) is 0 Å². The topological polar surface area (TPSA) is 88.1 Å². The Morgan fingerprint density at radius 3 is 2.73 bits per heavy atom. The minimum Gasteiger partial charge on any atom is -0.345 e. The van der Waals surface area contributed by atoms with Crippen molar-refractivity contribution in [1.29, 1.82) is 0 Å². The highest BCUT2D eigenvalue weighted by Gasteiger charge is 2.26. The standard InChI is InChI=1S/C22H20N4O3S/c1-25-12-17-16-9-14(13-30(2,28)29)6-7-18(16)26(19-5-3-4-8-23-19)11-15-10-24-22(27)21(25)20(15)17/h3-10,12H,11,13H2,1-2H3,(H,24,27). The van der Waals surface area contributed by atoms with Crippen molar-refractivity contribution in [2.24, 2.45) is 7.05 Å². The SMILES string of the molecule is Cn1cc2c3c(c[nH]c(=O)c31)CN(c1ccccn1)c1ccc(CS(C)(=O)=O)cc1-2. The third-order valence-corrected chi connectivity index (χ3v) is 6.28. The van der Waals surface area contributed by atoms with Gasteiger partial charge in [-0.05, 0) is 35.4 Å². The van der Waals surface area contributed by atoms with Crippen LogP contribution in [0.25, 0.3) is 22.0 Å². The molecule has 0 unspecified atom stereocenters. The molecule has 0 saturated carbocycles. The summed E-state index contributed by atoms with van der Waals surface area (Å²) in [5, 5.41) is 0.887. The van der Waals surface area contributed by atoms with E-state index >= 15 is 0 Å². The first-order valence-electron chi connectivity index (χ1n) is 9.51. The number of aryl methyl sites for hydroxylation is 1. The summed E-state index contributed by atoms with van der Waals surface area (Å²) in [5.74, 6) is 0.741. The van der Waals surface area contributed by atoms with Crippen LogP contribution in [0.1, 0.15) is 11.1 Å². The van der Waals surface area contributed by atoms with Crippen molar-refractivity contribution in [3.05, 3.63) is 76.5 Å². The van der Waals surface area contributed by atoms with Gasteiger partial charge in [0, 0.05) is 48.4 Å². The van der Waals surface area contributed by atoms with Gasteiger partial charge < -0.3 is 14.5 Å². The Labute approximate surface area is 173 Å². The molecule has 1 aromatic carbocycles. The zero-order valence-electron chi connectivity index (χ0n) is 16.6. The first-order chi connectivity index (χ1) is 14.3. The molecule has 0 aliphatic carbocycles. The lowest BCUT2D eigenvalue weighted by atomic mass is 10.0. The number of nitrogens with one attached hydrogen (secondary N) is 1. The number of sulfone groups is 1. The molecule has 152 valence electrons. The predicted octanol–water partition coefficient (Wildman–Crippen LogP) is 3.12. The van der Waals surface area contributed by atoms with E-state index in [4.69, 9.17) is 0 Å². The lowest BCUT2D eigenvalue weighted by Gasteiger charge is -2.25. The fraction of sp³-hybridized carbons (Fsp3) is 0.182. The monoisotopic (exact) mass is 420 g/mol. The van der Waals surface area contributed by atoms with Crippen LogP contribution in [0.15, 0.2) is 59.8 Å². The average Bonchev–Trinajstić information content (AvgIpc) is 2.99. The number of rotatable bonds is 3. The van der Waals surface area contributed by atoms with Crippen LogP contribution in [-0.4, -0.2) is 29.2 Å². The number of hydrogen-bond donors (Lipinski definition) is 1. The van der Waals surface area contributed by atoms with Gasteiger partial charge in [0.15, 0.2) is 9.84 Å². The fourth-order valence-electron chi connectivity index (χ4n) is 4.25. The van der Waals surface area contributed by atoms with Crippen molar-refractivity contribution in [3.63, 3.8) is 0 Å². The molecule has 4 heterocycles. The van der Waals surface area contributed by atoms with E-state index in [1.54, 1.807) is 12.4 Å². The molecule has 0 bridgehead atoms. The molecular weight excluding hydrogens is 400 g/mol. The number of aromatic amines is 1. The maximum atomic E-state index is 12.6. The van der Waals surface area contributed by atoms with Crippen molar-refractivity contribution in [3.8, 4) is 11.1 Å². The second kappa shape index (κ2) is 6.56. The lowest BCUT2D eigenvalue weighted by Crippen LogP contribution is -2.19. The van der Waals surface area contributed by atoms with Gasteiger partial charge in [0.1, 0.15) is 11.3 Å². The maximum Gasteiger partial charge on any atom is 0.272 e. The zero-order chi connectivity index (χ0) is 21.0. The van der Waals surface area contributed by atoms with Gasteiger partial charge in [-0.25, -0.2) is 13.4 Å². The zero-order valence-corrected chi connectivity index (χ0v) is 17.4. The molecule has 0 spiro atoms. The van der Waals surface area contributed by atoms with E-state index in [0.717, 1.165) is 33.6 Å². The molecule has 1 aliphatic rings. The van der Waals surface area contributed by atoms with Crippen LogP contribution in [-0.2, 0) is 29.2 Å². The minimum absolute atomic E-state index is 0.0396. The fourth-order valence-corrected chi connectivity index (χ4v) is 5.03. The second-order valence-electron chi connectivity index (χ2n) is 7.72. The first kappa shape index (κ1) is 18.6. The molecule has 1 aliphatic heterocycles. The van der Waals surface area contributed by atoms with Gasteiger partial charge in [0.05, 0.1) is 18.0 Å². The number of hydrogen-bond acceptors (Lipinski definition) is 5. The maximum absolute atomic E-state index is 12.6. The Bertz CT molecular complexity index is 1450. The van der Waals surface area contributed by atoms with E-state index < -0.39 is 9.84 Å². The summed E-state index contributed by atoms with van der Waals surface area (Å²) in [6, 6.07) is 11.4. The quantitative estimate of drug-likeness (QED) is 0.550. The minimum atomic E-state index is -3.18. The van der Waals surface area contributed by atoms with Crippen molar-refractivity contribution in [2.45, 2.75) is 12.3 Å². The second-order valence-corrected chi connectivity index (χ2v) is 9.86. The van der Waals surface area contributed by atoms with E-state index in [1.165, 1.54) is 6.26 Å². The molecule has 7 nitrogen and oxygen atoms in total. The molecule has 0 radical (unpaired) electrons. The van der Waals surface area contributed by atoms with Crippen molar-refractivity contribution >= 4 is 32.2 Å². The largest absolute Gasteiger partial charge is 0.345 e. The molecule has 0 fully saturated rings. The molecule has 4 aromatic rings. The van der Waals surface area contributed by atoms with Gasteiger partial charge in [-0.1, -0.05) is 12.1 Å². The highest BCUT2D eigenvalue weighted by atomic mass is 32.2. The Morgan fingerprint density at radius 2 is 2.00 bits per heavy atom. The van der Waals surface area contributed by atoms with Gasteiger partial charge in [0.25, 0.3) is 5.56 Å². The number of anilines is 2. The van der Waals surface area contributed by atoms with Gasteiger partial charge in [0.2, 0.25) is 0 Å². The Hall–Kier alpha value is -3.39. The van der Waals surface area contributed by atoms with Crippen LogP contribution >= 0.6 is 0 Å². The summed E-state index contributed by atoms with van der Waals surface area (Å²) in [5.41, 5.74) is 4.86. The smallest absolute Gasteiger partial charge is 0.272 e. The van der Waals surface area contributed by atoms with Crippen LogP contribution in [0.5, 0.6) is 0 Å². The van der Waals surface area contributed by atoms with Gasteiger partial charge in [-0.3, -0.25) is 4.79 Å². The number of pyridine rings is 2. The predicted molar refractivity (Wildman–Crippen MR) is 118 cm³/mol. The van der Waals surface area contributed by atoms with E-state index in [2.05, 4.69) is 14.9 Å². The van der Waals surface area contributed by atoms with E-state index in [1.807, 2.05) is 54.2 Å². The molecule has 8 heteroatoms. The summed E-state index contributed by atoms with van der Waals surface area (Å²) in [4.78, 5) is 22.0. The van der Waals surface area contributed by atoms with Gasteiger partial charge in [-0.2, -0.15) is 0 Å². The van der Waals surface area contributed by atoms with E-state index in [0.29, 0.717) is 17.6 Å². The lowest BCUT2D eigenvalue weighted by molar-refractivity contribution is 0.601. The average molecular weight is 420 g/mol. The van der Waals surface area contributed by atoms with Crippen LogP contribution in [0.4, 0.5) is 11.5 Å². The van der Waals surface area contributed by atoms with Crippen LogP contribution in [0.2, 0.25) is 0 Å². The number of benzene rings is 1. The molecule has 3 aromatic heterocycles. The summed E-state index contributed by atoms with van der Waals surface area (Å²) in [7, 11) is -1.33. The molecule has 1 N–H and O–H groups in total. The number of H-pyrrole nitrogens is 1. The molecule has 0 amide bonds. The van der Waals surface area contributed by atoms with Crippen molar-refractivity contribution < 1.29 is 8.42 Å². The molecule has 0 atom stereocenters. The number of nitrogens with zero attached hydrogens (tertiary/aromatic N) is 3. The van der Waals surface area contributed by atoms with Gasteiger partial charge in [-0.15, -0.1) is 0 Å². The highest BCUT2D eigenvalue weighted by molar-refractivity contribution is 7.89. The Kier molecular flexibility index (Phi) is 4.08. The third kappa shape index (κ3) is 3.00. The third-order valence-electron chi connectivity index (χ3n) is 5.42. The van der Waals surface area contributed by atoms with Crippen LogP contribution in [0, 0.1) is 0 Å². The Balaban J connectivity index is 1.84. The van der Waals surface area contributed by atoms with Crippen LogP contribution < -0.4 is 10.5 Å². The molecule has 5 rings (SSSR count). The molecular formula is C22H20N4O3S. The normalized spacial score (nSPS) is 13.3. The van der Waals surface area contributed by atoms with Gasteiger partial charge >= 0.3 is 0 Å². The van der Waals surface area contributed by atoms with Crippen molar-refractivity contribution in [1.82, 2.24) is 14.5 Å². The summed E-state index contributed by atoms with van der Waals surface area (Å²) >= 11 is 0. The first-order valence-corrected chi connectivity index (χ1v) is 11.6. The molecule has 30 heavy (non-hydrogen) atoms. The Morgan fingerprint density at radius 1 is 1.17 bits per heavy atom. The van der Waals surface area contributed by atoms with E-state index in [-0.39, 0.29) is 11.3 Å². The summed E-state index contributed by atoms with van der Waals surface area (Å²) in [6.45, 7) is 0.528. The number of fused-ring (bicyclic) bond motifs is 2. The van der Waals surface area contributed by atoms with Crippen molar-refractivity contribution in [2.75, 3.05) is 11.2 Å². The van der Waals surface area contributed by atoms with E-state index in [9.17, 15) is 13.2 Å². The highest BCUT2D eigenvalue weighted by Crippen LogP contribution is 2.43. The summed E-state index contributed by atoms with van der Waals surface area (Å²) in [6.07, 6.45) is 6.67. The number of aromatic nitrogens is 3.